The maximum Gasteiger partial charge on any atom is 0.332 e. The number of hydrogen-bond acceptors (Lipinski definition) is 6. The molecule has 0 saturated heterocycles. The quantitative estimate of drug-likeness (QED) is 0.590. The van der Waals surface area contributed by atoms with Gasteiger partial charge >= 0.3 is 11.7 Å². The molecule has 0 unspecified atom stereocenters. The van der Waals surface area contributed by atoms with Crippen molar-refractivity contribution < 1.29 is 14.3 Å². The summed E-state index contributed by atoms with van der Waals surface area (Å²) in [6, 6.07) is 4.72. The summed E-state index contributed by atoms with van der Waals surface area (Å²) in [6.45, 7) is -0.951. The van der Waals surface area contributed by atoms with E-state index in [1.54, 1.807) is 18.2 Å². The van der Waals surface area contributed by atoms with Crippen LogP contribution in [0.4, 0.5) is 5.69 Å². The van der Waals surface area contributed by atoms with Crippen molar-refractivity contribution >= 4 is 51.9 Å². The molecule has 0 fully saturated rings. The van der Waals surface area contributed by atoms with Crippen LogP contribution in [0, 0.1) is 0 Å². The zero-order valence-electron chi connectivity index (χ0n) is 15.3. The average Bonchev–Trinajstić information content (AvgIpc) is 3.09. The summed E-state index contributed by atoms with van der Waals surface area (Å²) in [5.74, 6) is -1.41. The summed E-state index contributed by atoms with van der Waals surface area (Å²) in [5.41, 5.74) is -0.720. The Morgan fingerprint density at radius 2 is 1.79 bits per heavy atom. The minimum Gasteiger partial charge on any atom is -0.454 e. The molecule has 10 nitrogen and oxygen atoms in total. The first kappa shape index (κ1) is 20.6. The first-order valence-electron chi connectivity index (χ1n) is 8.21. The van der Waals surface area contributed by atoms with Crippen LogP contribution < -0.4 is 16.6 Å². The molecule has 1 amide bonds. The lowest BCUT2D eigenvalue weighted by Gasteiger charge is -2.10. The van der Waals surface area contributed by atoms with Crippen molar-refractivity contribution in [1.82, 2.24) is 18.7 Å². The van der Waals surface area contributed by atoms with Gasteiger partial charge in [-0.25, -0.2) is 9.78 Å². The van der Waals surface area contributed by atoms with E-state index in [9.17, 15) is 19.2 Å². The fourth-order valence-electron chi connectivity index (χ4n) is 2.64. The monoisotopic (exact) mass is 439 g/mol. The topological polar surface area (TPSA) is 117 Å². The Bertz CT molecular complexity index is 1220. The van der Waals surface area contributed by atoms with Gasteiger partial charge in [0, 0.05) is 14.1 Å². The van der Waals surface area contributed by atoms with Gasteiger partial charge in [-0.05, 0) is 12.1 Å². The number of ether oxygens (including phenoxy) is 1. The first-order chi connectivity index (χ1) is 13.7. The summed E-state index contributed by atoms with van der Waals surface area (Å²) >= 11 is 11.9. The van der Waals surface area contributed by atoms with E-state index in [0.717, 1.165) is 4.57 Å². The van der Waals surface area contributed by atoms with Crippen LogP contribution in [0.1, 0.15) is 0 Å². The highest BCUT2D eigenvalue weighted by atomic mass is 35.5. The number of carbonyl (C=O) groups is 2. The third-order valence-corrected chi connectivity index (χ3v) is 4.74. The molecule has 0 saturated carbocycles. The summed E-state index contributed by atoms with van der Waals surface area (Å²) in [4.78, 5) is 52.4. The average molecular weight is 440 g/mol. The van der Waals surface area contributed by atoms with E-state index in [4.69, 9.17) is 27.9 Å². The number of halogens is 2. The van der Waals surface area contributed by atoms with E-state index < -0.39 is 29.7 Å². The lowest BCUT2D eigenvalue weighted by molar-refractivity contribution is -0.147. The highest BCUT2D eigenvalue weighted by Gasteiger charge is 2.17. The molecule has 152 valence electrons. The number of fused-ring (bicyclic) bond motifs is 1. The summed E-state index contributed by atoms with van der Waals surface area (Å²) in [7, 11) is 2.79. The Balaban J connectivity index is 1.70. The molecule has 0 aliphatic rings. The van der Waals surface area contributed by atoms with Gasteiger partial charge in [0.25, 0.3) is 11.5 Å². The number of carbonyl (C=O) groups excluding carboxylic acids is 2. The van der Waals surface area contributed by atoms with Crippen LogP contribution in [0.5, 0.6) is 0 Å². The second-order valence-electron chi connectivity index (χ2n) is 6.06. The van der Waals surface area contributed by atoms with E-state index in [-0.39, 0.29) is 33.4 Å². The van der Waals surface area contributed by atoms with Crippen molar-refractivity contribution in [3.8, 4) is 0 Å². The third kappa shape index (κ3) is 4.03. The molecule has 12 heteroatoms. The molecule has 0 bridgehead atoms. The number of nitrogens with one attached hydrogen (secondary N) is 1. The van der Waals surface area contributed by atoms with Gasteiger partial charge in [0.05, 0.1) is 22.1 Å². The van der Waals surface area contributed by atoms with E-state index in [2.05, 4.69) is 10.3 Å². The number of aryl methyl sites for hydroxylation is 1. The van der Waals surface area contributed by atoms with Crippen molar-refractivity contribution in [2.24, 2.45) is 14.1 Å². The summed E-state index contributed by atoms with van der Waals surface area (Å²) in [6.07, 6.45) is 1.25. The minimum absolute atomic E-state index is 0.0684. The molecule has 2 aromatic heterocycles. The number of nitrogens with zero attached hydrogens (tertiary/aromatic N) is 4. The van der Waals surface area contributed by atoms with Crippen molar-refractivity contribution in [1.29, 1.82) is 0 Å². The molecule has 0 spiro atoms. The van der Waals surface area contributed by atoms with Crippen molar-refractivity contribution in [3.05, 3.63) is 55.4 Å². The maximum absolute atomic E-state index is 12.3. The lowest BCUT2D eigenvalue weighted by Crippen LogP contribution is -2.37. The number of esters is 1. The second kappa shape index (κ2) is 8.10. The summed E-state index contributed by atoms with van der Waals surface area (Å²) in [5, 5.41) is 2.94. The molecule has 1 aromatic carbocycles. The van der Waals surface area contributed by atoms with Crippen LogP contribution in [0.25, 0.3) is 11.2 Å². The number of para-hydroxylation sites is 1. The Kier molecular flexibility index (Phi) is 5.76. The number of hydrogen-bond donors (Lipinski definition) is 1. The molecule has 2 heterocycles. The second-order valence-corrected chi connectivity index (χ2v) is 6.87. The fourth-order valence-corrected chi connectivity index (χ4v) is 3.13. The van der Waals surface area contributed by atoms with Gasteiger partial charge < -0.3 is 14.6 Å². The van der Waals surface area contributed by atoms with Crippen LogP contribution in [0.15, 0.2) is 34.1 Å². The Morgan fingerprint density at radius 3 is 2.45 bits per heavy atom. The standard InChI is InChI=1S/C17H15Cl2N5O5/c1-22-15-14(16(27)23(2)17(22)28)24(8-20-15)6-12(26)29-7-11(25)21-13-9(18)4-3-5-10(13)19/h3-5,8H,6-7H2,1-2H3,(H,21,25). The highest BCUT2D eigenvalue weighted by molar-refractivity contribution is 6.39. The molecule has 1 N–H and O–H groups in total. The maximum atomic E-state index is 12.3. The van der Waals surface area contributed by atoms with Gasteiger partial charge in [0.2, 0.25) is 0 Å². The third-order valence-electron chi connectivity index (χ3n) is 4.11. The fraction of sp³-hybridized carbons (Fsp3) is 0.235. The first-order valence-corrected chi connectivity index (χ1v) is 8.96. The molecule has 0 atom stereocenters. The molecule has 0 aliphatic carbocycles. The van der Waals surface area contributed by atoms with Crippen molar-refractivity contribution in [2.45, 2.75) is 6.54 Å². The zero-order valence-corrected chi connectivity index (χ0v) is 16.8. The zero-order chi connectivity index (χ0) is 21.3. The molecular formula is C17H15Cl2N5O5. The molecule has 29 heavy (non-hydrogen) atoms. The summed E-state index contributed by atoms with van der Waals surface area (Å²) < 4.78 is 8.29. The molecule has 3 aromatic rings. The van der Waals surface area contributed by atoms with Crippen LogP contribution in [-0.2, 0) is 35.0 Å². The van der Waals surface area contributed by atoms with Crippen LogP contribution in [0.2, 0.25) is 10.0 Å². The van der Waals surface area contributed by atoms with Crippen LogP contribution in [-0.4, -0.2) is 37.2 Å². The van der Waals surface area contributed by atoms with Gasteiger partial charge in [-0.1, -0.05) is 29.3 Å². The number of benzene rings is 1. The number of rotatable bonds is 5. The predicted octanol–water partition coefficient (Wildman–Crippen LogP) is 0.922. The lowest BCUT2D eigenvalue weighted by atomic mass is 10.3. The van der Waals surface area contributed by atoms with E-state index in [1.165, 1.54) is 29.6 Å². The normalized spacial score (nSPS) is 10.9. The molecular weight excluding hydrogens is 425 g/mol. The van der Waals surface area contributed by atoms with Gasteiger partial charge in [-0.15, -0.1) is 0 Å². The smallest absolute Gasteiger partial charge is 0.332 e. The Hall–Kier alpha value is -3.11. The van der Waals surface area contributed by atoms with Crippen LogP contribution in [0.3, 0.4) is 0 Å². The van der Waals surface area contributed by atoms with E-state index in [0.29, 0.717) is 0 Å². The van der Waals surface area contributed by atoms with Crippen molar-refractivity contribution in [2.75, 3.05) is 11.9 Å². The highest BCUT2D eigenvalue weighted by Crippen LogP contribution is 2.29. The largest absolute Gasteiger partial charge is 0.454 e. The van der Waals surface area contributed by atoms with Crippen LogP contribution >= 0.6 is 23.2 Å². The van der Waals surface area contributed by atoms with E-state index >= 15 is 0 Å². The van der Waals surface area contributed by atoms with Gasteiger partial charge in [0.15, 0.2) is 17.8 Å². The minimum atomic E-state index is -0.777. The predicted molar refractivity (Wildman–Crippen MR) is 106 cm³/mol. The SMILES string of the molecule is Cn1c(=O)c2c(ncn2CC(=O)OCC(=O)Nc2c(Cl)cccc2Cl)n(C)c1=O. The van der Waals surface area contributed by atoms with Gasteiger partial charge in [-0.2, -0.15) is 0 Å². The Labute approximate surface area is 173 Å². The molecule has 3 rings (SSSR count). The number of amides is 1. The van der Waals surface area contributed by atoms with Gasteiger partial charge in [0.1, 0.15) is 6.54 Å². The molecule has 0 aliphatic heterocycles. The van der Waals surface area contributed by atoms with Gasteiger partial charge in [-0.3, -0.25) is 23.5 Å². The van der Waals surface area contributed by atoms with Crippen molar-refractivity contribution in [3.63, 3.8) is 0 Å². The number of aromatic nitrogens is 4. The Morgan fingerprint density at radius 1 is 1.14 bits per heavy atom. The van der Waals surface area contributed by atoms with E-state index in [1.807, 2.05) is 0 Å². The number of anilines is 1. The molecule has 0 radical (unpaired) electrons. The number of imidazole rings is 1.